The van der Waals surface area contributed by atoms with E-state index in [1.807, 2.05) is 41.3 Å². The van der Waals surface area contributed by atoms with Crippen LogP contribution in [-0.2, 0) is 0 Å². The van der Waals surface area contributed by atoms with Gasteiger partial charge < -0.3 is 4.90 Å². The molecule has 1 aliphatic rings. The molecule has 0 amide bonds. The van der Waals surface area contributed by atoms with E-state index in [1.54, 1.807) is 0 Å². The van der Waals surface area contributed by atoms with Gasteiger partial charge in [-0.3, -0.25) is 15.0 Å². The Hall–Kier alpha value is -3.25. The maximum atomic E-state index is 13.5. The Kier molecular flexibility index (Phi) is 5.53. The van der Waals surface area contributed by atoms with E-state index in [2.05, 4.69) is 29.2 Å². The van der Waals surface area contributed by atoms with Crippen LogP contribution in [0.3, 0.4) is 0 Å². The normalized spacial score (nSPS) is 14.9. The van der Waals surface area contributed by atoms with E-state index in [4.69, 9.17) is 0 Å². The van der Waals surface area contributed by atoms with Gasteiger partial charge in [-0.15, -0.1) is 0 Å². The van der Waals surface area contributed by atoms with Crippen LogP contribution < -0.4 is 4.90 Å². The van der Waals surface area contributed by atoms with Gasteiger partial charge in [0, 0.05) is 26.2 Å². The molecule has 5 nitrogen and oxygen atoms in total. The minimum atomic E-state index is -0.590. The predicted molar refractivity (Wildman–Crippen MR) is 112 cm³/mol. The van der Waals surface area contributed by atoms with Gasteiger partial charge in [-0.2, -0.15) is 0 Å². The van der Waals surface area contributed by atoms with Gasteiger partial charge in [0.25, 0.3) is 5.69 Å². The topological polar surface area (TPSA) is 49.6 Å². The number of nitro benzene ring substituents is 1. The summed E-state index contributed by atoms with van der Waals surface area (Å²) in [6.07, 6.45) is 0. The molecule has 0 spiro atoms. The lowest BCUT2D eigenvalue weighted by atomic mass is 9.96. The largest absolute Gasteiger partial charge is 0.363 e. The van der Waals surface area contributed by atoms with Crippen LogP contribution >= 0.6 is 0 Å². The highest BCUT2D eigenvalue weighted by molar-refractivity contribution is 5.63. The van der Waals surface area contributed by atoms with E-state index in [0.717, 1.165) is 19.2 Å². The summed E-state index contributed by atoms with van der Waals surface area (Å²) in [5, 5.41) is 11.4. The van der Waals surface area contributed by atoms with Crippen molar-refractivity contribution >= 4 is 11.4 Å². The standard InChI is InChI=1S/C23H22FN3O2/c24-20-11-12-21(22(17-20)27(28)29)25-13-15-26(16-14-25)23(18-7-3-1-4-8-18)19-9-5-2-6-10-19/h1-12,17,23H,13-16H2. The Bertz CT molecular complexity index is 934. The molecule has 3 aromatic carbocycles. The number of nitrogens with zero attached hydrogens (tertiary/aromatic N) is 3. The van der Waals surface area contributed by atoms with E-state index in [0.29, 0.717) is 18.8 Å². The van der Waals surface area contributed by atoms with Crippen LogP contribution in [0.4, 0.5) is 15.8 Å². The number of rotatable bonds is 5. The highest BCUT2D eigenvalue weighted by Crippen LogP contribution is 2.33. The quantitative estimate of drug-likeness (QED) is 0.469. The lowest BCUT2D eigenvalue weighted by Gasteiger charge is -2.40. The zero-order valence-electron chi connectivity index (χ0n) is 15.9. The van der Waals surface area contributed by atoms with Crippen molar-refractivity contribution < 1.29 is 9.31 Å². The van der Waals surface area contributed by atoms with Crippen molar-refractivity contribution in [2.75, 3.05) is 31.1 Å². The lowest BCUT2D eigenvalue weighted by Crippen LogP contribution is -2.48. The first kappa shape index (κ1) is 19.1. The Morgan fingerprint density at radius 2 is 1.38 bits per heavy atom. The van der Waals surface area contributed by atoms with Crippen molar-refractivity contribution in [2.45, 2.75) is 6.04 Å². The number of hydrogen-bond donors (Lipinski definition) is 0. The molecule has 4 rings (SSSR count). The molecule has 6 heteroatoms. The first-order valence-corrected chi connectivity index (χ1v) is 9.66. The number of anilines is 1. The Morgan fingerprint density at radius 3 is 1.90 bits per heavy atom. The second kappa shape index (κ2) is 8.41. The molecule has 0 aromatic heterocycles. The second-order valence-electron chi connectivity index (χ2n) is 7.14. The minimum Gasteiger partial charge on any atom is -0.363 e. The molecule has 0 saturated carbocycles. The minimum absolute atomic E-state index is 0.128. The lowest BCUT2D eigenvalue weighted by molar-refractivity contribution is -0.384. The van der Waals surface area contributed by atoms with Gasteiger partial charge in [-0.25, -0.2) is 4.39 Å². The maximum absolute atomic E-state index is 13.5. The molecular formula is C23H22FN3O2. The van der Waals surface area contributed by atoms with Crippen molar-refractivity contribution in [3.8, 4) is 0 Å². The number of piperazine rings is 1. The molecule has 0 atom stereocenters. The molecule has 0 radical (unpaired) electrons. The average Bonchev–Trinajstić information content (AvgIpc) is 2.76. The molecule has 1 saturated heterocycles. The van der Waals surface area contributed by atoms with E-state index in [-0.39, 0.29) is 11.7 Å². The molecule has 1 heterocycles. The summed E-state index contributed by atoms with van der Waals surface area (Å²) < 4.78 is 13.5. The second-order valence-corrected chi connectivity index (χ2v) is 7.14. The Balaban J connectivity index is 1.57. The number of hydrogen-bond acceptors (Lipinski definition) is 4. The van der Waals surface area contributed by atoms with Crippen LogP contribution in [-0.4, -0.2) is 36.0 Å². The van der Waals surface area contributed by atoms with E-state index in [1.165, 1.54) is 23.3 Å². The summed E-state index contributed by atoms with van der Waals surface area (Å²) in [6.45, 7) is 2.79. The van der Waals surface area contributed by atoms with Gasteiger partial charge in [0.2, 0.25) is 0 Å². The molecule has 0 N–H and O–H groups in total. The van der Waals surface area contributed by atoms with Crippen molar-refractivity contribution in [2.24, 2.45) is 0 Å². The molecular weight excluding hydrogens is 369 g/mol. The van der Waals surface area contributed by atoms with Gasteiger partial charge in [0.05, 0.1) is 17.0 Å². The summed E-state index contributed by atoms with van der Waals surface area (Å²) in [5.74, 6) is -0.590. The summed E-state index contributed by atoms with van der Waals surface area (Å²) in [4.78, 5) is 15.2. The van der Waals surface area contributed by atoms with Crippen LogP contribution in [0, 0.1) is 15.9 Å². The Labute approximate surface area is 169 Å². The molecule has 0 unspecified atom stereocenters. The fraction of sp³-hybridized carbons (Fsp3) is 0.217. The highest BCUT2D eigenvalue weighted by Gasteiger charge is 2.29. The Morgan fingerprint density at radius 1 is 0.828 bits per heavy atom. The van der Waals surface area contributed by atoms with Crippen LogP contribution in [0.5, 0.6) is 0 Å². The summed E-state index contributed by atoms with van der Waals surface area (Å²) in [5.41, 5.74) is 2.74. The first-order chi connectivity index (χ1) is 14.1. The van der Waals surface area contributed by atoms with Crippen molar-refractivity contribution in [1.29, 1.82) is 0 Å². The molecule has 0 aliphatic carbocycles. The third-order valence-corrected chi connectivity index (χ3v) is 5.38. The number of halogens is 1. The van der Waals surface area contributed by atoms with Crippen LogP contribution in [0.25, 0.3) is 0 Å². The van der Waals surface area contributed by atoms with E-state index >= 15 is 0 Å². The van der Waals surface area contributed by atoms with Gasteiger partial charge in [0.15, 0.2) is 0 Å². The maximum Gasteiger partial charge on any atom is 0.295 e. The molecule has 1 fully saturated rings. The number of benzene rings is 3. The summed E-state index contributed by atoms with van der Waals surface area (Å²) >= 11 is 0. The van der Waals surface area contributed by atoms with Gasteiger partial charge in [0.1, 0.15) is 11.5 Å². The van der Waals surface area contributed by atoms with E-state index < -0.39 is 10.7 Å². The fourth-order valence-corrected chi connectivity index (χ4v) is 4.02. The first-order valence-electron chi connectivity index (χ1n) is 9.66. The highest BCUT2D eigenvalue weighted by atomic mass is 19.1. The van der Waals surface area contributed by atoms with E-state index in [9.17, 15) is 14.5 Å². The average molecular weight is 391 g/mol. The van der Waals surface area contributed by atoms with Crippen LogP contribution in [0.2, 0.25) is 0 Å². The SMILES string of the molecule is O=[N+]([O-])c1cc(F)ccc1N1CCN(C(c2ccccc2)c2ccccc2)CC1. The molecule has 29 heavy (non-hydrogen) atoms. The molecule has 0 bridgehead atoms. The molecule has 148 valence electrons. The van der Waals surface area contributed by atoms with Crippen molar-refractivity contribution in [3.05, 3.63) is 106 Å². The van der Waals surface area contributed by atoms with Gasteiger partial charge in [-0.1, -0.05) is 60.7 Å². The number of nitro groups is 1. The smallest absolute Gasteiger partial charge is 0.295 e. The van der Waals surface area contributed by atoms with Gasteiger partial charge >= 0.3 is 0 Å². The van der Waals surface area contributed by atoms with Crippen molar-refractivity contribution in [1.82, 2.24) is 4.90 Å². The summed E-state index contributed by atoms with van der Waals surface area (Å²) in [7, 11) is 0. The fourth-order valence-electron chi connectivity index (χ4n) is 4.02. The zero-order valence-corrected chi connectivity index (χ0v) is 15.9. The van der Waals surface area contributed by atoms with Crippen molar-refractivity contribution in [3.63, 3.8) is 0 Å². The summed E-state index contributed by atoms with van der Waals surface area (Å²) in [6, 6.07) is 24.7. The van der Waals surface area contributed by atoms with Gasteiger partial charge in [-0.05, 0) is 23.3 Å². The van der Waals surface area contributed by atoms with Crippen LogP contribution in [0.15, 0.2) is 78.9 Å². The molecule has 3 aromatic rings. The van der Waals surface area contributed by atoms with Crippen LogP contribution in [0.1, 0.15) is 17.2 Å². The monoisotopic (exact) mass is 391 g/mol. The third kappa shape index (κ3) is 4.12. The zero-order chi connectivity index (χ0) is 20.2. The molecule has 1 aliphatic heterocycles. The third-order valence-electron chi connectivity index (χ3n) is 5.38. The predicted octanol–water partition coefficient (Wildman–Crippen LogP) is 4.65.